The molecule has 1 N–H and O–H groups in total. The van der Waals surface area contributed by atoms with Gasteiger partial charge in [-0.1, -0.05) is 36.4 Å². The molecule has 0 spiro atoms. The van der Waals surface area contributed by atoms with Gasteiger partial charge in [0.05, 0.1) is 17.6 Å². The zero-order valence-corrected chi connectivity index (χ0v) is 15.6. The first kappa shape index (κ1) is 17.0. The number of furan rings is 1. The molecule has 6 nitrogen and oxygen atoms in total. The van der Waals surface area contributed by atoms with E-state index in [0.29, 0.717) is 18.2 Å². The zero-order chi connectivity index (χ0) is 18.8. The predicted octanol–water partition coefficient (Wildman–Crippen LogP) is 4.27. The van der Waals surface area contributed by atoms with E-state index in [0.717, 1.165) is 33.7 Å². The molecule has 0 aliphatic carbocycles. The van der Waals surface area contributed by atoms with E-state index in [1.165, 1.54) is 0 Å². The number of hydrogen-bond donors (Lipinski definition) is 1. The topological polar surface area (TPSA) is 67.1 Å². The van der Waals surface area contributed by atoms with E-state index < -0.39 is 0 Å². The van der Waals surface area contributed by atoms with Crippen LogP contribution >= 0.6 is 0 Å². The van der Waals surface area contributed by atoms with E-state index in [4.69, 9.17) is 9.40 Å². The number of nitrogens with one attached hydrogen (secondary N) is 1. The van der Waals surface area contributed by atoms with Crippen LogP contribution in [0, 0.1) is 6.92 Å². The molecule has 4 rings (SSSR count). The lowest BCUT2D eigenvalue weighted by Crippen LogP contribution is -2.14. The molecular weight excluding hydrogens is 338 g/mol. The van der Waals surface area contributed by atoms with Crippen LogP contribution < -0.4 is 10.2 Å². The van der Waals surface area contributed by atoms with Gasteiger partial charge in [0.2, 0.25) is 11.7 Å². The van der Waals surface area contributed by atoms with E-state index >= 15 is 0 Å². The average molecular weight is 359 g/mol. The third-order valence-corrected chi connectivity index (χ3v) is 4.29. The Morgan fingerprint density at radius 1 is 0.963 bits per heavy atom. The summed E-state index contributed by atoms with van der Waals surface area (Å²) in [4.78, 5) is 15.7. The Morgan fingerprint density at radius 3 is 2.52 bits per heavy atom. The summed E-state index contributed by atoms with van der Waals surface area (Å²) in [5, 5.41) is 4.30. The molecule has 6 heteroatoms. The number of rotatable bonds is 5. The van der Waals surface area contributed by atoms with E-state index in [9.17, 15) is 0 Å². The summed E-state index contributed by atoms with van der Waals surface area (Å²) in [6, 6.07) is 16.1. The molecule has 4 aromatic rings. The van der Waals surface area contributed by atoms with Crippen molar-refractivity contribution in [3.63, 3.8) is 0 Å². The number of nitrogens with zero attached hydrogens (tertiary/aromatic N) is 4. The number of aromatic nitrogens is 3. The fourth-order valence-corrected chi connectivity index (χ4v) is 2.96. The summed E-state index contributed by atoms with van der Waals surface area (Å²) in [7, 11) is 3.82. The van der Waals surface area contributed by atoms with Crippen molar-refractivity contribution in [2.24, 2.45) is 0 Å². The van der Waals surface area contributed by atoms with Crippen molar-refractivity contribution >= 4 is 22.9 Å². The molecule has 0 unspecified atom stereocenters. The van der Waals surface area contributed by atoms with Crippen molar-refractivity contribution in [2.75, 3.05) is 24.3 Å². The number of anilines is 2. The Balaban J connectivity index is 1.79. The van der Waals surface area contributed by atoms with Gasteiger partial charge in [-0.2, -0.15) is 9.97 Å². The quantitative estimate of drug-likeness (QED) is 0.574. The highest BCUT2D eigenvalue weighted by Gasteiger charge is 2.17. The first-order chi connectivity index (χ1) is 13.1. The highest BCUT2D eigenvalue weighted by molar-refractivity contribution is 6.00. The van der Waals surface area contributed by atoms with Gasteiger partial charge in [0, 0.05) is 25.4 Å². The maximum absolute atomic E-state index is 5.77. The van der Waals surface area contributed by atoms with Crippen LogP contribution in [0.2, 0.25) is 0 Å². The van der Waals surface area contributed by atoms with Crippen LogP contribution in [-0.4, -0.2) is 29.0 Å². The second-order valence-electron chi connectivity index (χ2n) is 6.59. The number of benzene rings is 1. The second kappa shape index (κ2) is 7.07. The highest BCUT2D eigenvalue weighted by atomic mass is 16.3. The SMILES string of the molecule is Cc1cccc(CNc2nc(N(C)C)nc3occ(-c4ccccc4)c23)n1. The molecule has 0 saturated carbocycles. The van der Waals surface area contributed by atoms with Crippen LogP contribution in [0.25, 0.3) is 22.2 Å². The Bertz CT molecular complexity index is 1070. The molecule has 0 aliphatic rings. The largest absolute Gasteiger partial charge is 0.445 e. The number of fused-ring (bicyclic) bond motifs is 1. The molecule has 1 aromatic carbocycles. The summed E-state index contributed by atoms with van der Waals surface area (Å²) >= 11 is 0. The van der Waals surface area contributed by atoms with Crippen molar-refractivity contribution in [2.45, 2.75) is 13.5 Å². The smallest absolute Gasteiger partial charge is 0.233 e. The van der Waals surface area contributed by atoms with Crippen molar-refractivity contribution in [1.29, 1.82) is 0 Å². The maximum atomic E-state index is 5.77. The molecule has 0 bridgehead atoms. The summed E-state index contributed by atoms with van der Waals surface area (Å²) in [6.07, 6.45) is 1.74. The van der Waals surface area contributed by atoms with E-state index in [-0.39, 0.29) is 0 Å². The summed E-state index contributed by atoms with van der Waals surface area (Å²) < 4.78 is 5.77. The predicted molar refractivity (Wildman–Crippen MR) is 108 cm³/mol. The van der Waals surface area contributed by atoms with Gasteiger partial charge in [0.15, 0.2) is 0 Å². The number of hydrogen-bond acceptors (Lipinski definition) is 6. The number of aryl methyl sites for hydroxylation is 1. The van der Waals surface area contributed by atoms with Crippen LogP contribution in [0.4, 0.5) is 11.8 Å². The van der Waals surface area contributed by atoms with Crippen LogP contribution in [0.15, 0.2) is 59.2 Å². The van der Waals surface area contributed by atoms with Gasteiger partial charge in [0.1, 0.15) is 12.1 Å². The Hall–Kier alpha value is -3.41. The Kier molecular flexibility index (Phi) is 4.46. The molecule has 0 radical (unpaired) electrons. The normalized spacial score (nSPS) is 10.9. The molecule has 27 heavy (non-hydrogen) atoms. The summed E-state index contributed by atoms with van der Waals surface area (Å²) in [6.45, 7) is 2.56. The van der Waals surface area contributed by atoms with Crippen molar-refractivity contribution in [3.8, 4) is 11.1 Å². The first-order valence-corrected chi connectivity index (χ1v) is 8.80. The van der Waals surface area contributed by atoms with Gasteiger partial charge in [-0.25, -0.2) is 0 Å². The van der Waals surface area contributed by atoms with Crippen LogP contribution in [0.1, 0.15) is 11.4 Å². The van der Waals surface area contributed by atoms with E-state index in [1.807, 2.05) is 62.3 Å². The lowest BCUT2D eigenvalue weighted by atomic mass is 10.1. The standard InChI is InChI=1S/C21H21N5O/c1-14-8-7-11-16(23-14)12-22-19-18-17(15-9-5-4-6-10-15)13-27-20(18)25-21(24-19)26(2)3/h4-11,13H,12H2,1-3H3,(H,22,24,25). The average Bonchev–Trinajstić information content (AvgIpc) is 3.11. The summed E-state index contributed by atoms with van der Waals surface area (Å²) in [5.41, 5.74) is 4.54. The molecule has 136 valence electrons. The minimum atomic E-state index is 0.562. The van der Waals surface area contributed by atoms with Crippen molar-refractivity contribution in [3.05, 3.63) is 66.2 Å². The van der Waals surface area contributed by atoms with Crippen LogP contribution in [-0.2, 0) is 6.54 Å². The second-order valence-corrected chi connectivity index (χ2v) is 6.59. The molecule has 3 aromatic heterocycles. The van der Waals surface area contributed by atoms with Gasteiger partial charge < -0.3 is 14.6 Å². The molecule has 0 fully saturated rings. The Labute approximate surface area is 157 Å². The fraction of sp³-hybridized carbons (Fsp3) is 0.190. The summed E-state index contributed by atoms with van der Waals surface area (Å²) in [5.74, 6) is 1.33. The van der Waals surface area contributed by atoms with Gasteiger partial charge in [0.25, 0.3) is 0 Å². The Morgan fingerprint density at radius 2 is 1.78 bits per heavy atom. The number of pyridine rings is 1. The molecule has 0 saturated heterocycles. The van der Waals surface area contributed by atoms with Crippen LogP contribution in [0.3, 0.4) is 0 Å². The lowest BCUT2D eigenvalue weighted by molar-refractivity contribution is 0.603. The molecule has 0 amide bonds. The van der Waals surface area contributed by atoms with Gasteiger partial charge >= 0.3 is 0 Å². The first-order valence-electron chi connectivity index (χ1n) is 8.80. The minimum Gasteiger partial charge on any atom is -0.445 e. The third-order valence-electron chi connectivity index (χ3n) is 4.29. The van der Waals surface area contributed by atoms with Gasteiger partial charge in [-0.05, 0) is 24.6 Å². The molecule has 0 atom stereocenters. The molecular formula is C21H21N5O. The highest BCUT2D eigenvalue weighted by Crippen LogP contribution is 2.35. The van der Waals surface area contributed by atoms with Crippen LogP contribution in [0.5, 0.6) is 0 Å². The third kappa shape index (κ3) is 3.46. The van der Waals surface area contributed by atoms with E-state index in [1.54, 1.807) is 6.26 Å². The van der Waals surface area contributed by atoms with Gasteiger partial charge in [-0.3, -0.25) is 4.98 Å². The fourth-order valence-electron chi connectivity index (χ4n) is 2.96. The zero-order valence-electron chi connectivity index (χ0n) is 15.6. The van der Waals surface area contributed by atoms with Crippen molar-refractivity contribution < 1.29 is 4.42 Å². The van der Waals surface area contributed by atoms with E-state index in [2.05, 4.69) is 27.4 Å². The monoisotopic (exact) mass is 359 g/mol. The molecule has 3 heterocycles. The maximum Gasteiger partial charge on any atom is 0.233 e. The van der Waals surface area contributed by atoms with Crippen molar-refractivity contribution in [1.82, 2.24) is 15.0 Å². The molecule has 0 aliphatic heterocycles. The minimum absolute atomic E-state index is 0.562. The van der Waals surface area contributed by atoms with Gasteiger partial charge in [-0.15, -0.1) is 0 Å². The lowest BCUT2D eigenvalue weighted by Gasteiger charge is -2.13.